The van der Waals surface area contributed by atoms with E-state index >= 15 is 0 Å². The van der Waals surface area contributed by atoms with E-state index in [1.807, 2.05) is 42.5 Å². The number of para-hydroxylation sites is 1. The molecular weight excluding hydrogens is 224 g/mol. The van der Waals surface area contributed by atoms with Crippen LogP contribution in [0.25, 0.3) is 0 Å². The van der Waals surface area contributed by atoms with Gasteiger partial charge in [-0.15, -0.1) is 0 Å². The highest BCUT2D eigenvalue weighted by Crippen LogP contribution is 2.22. The first-order chi connectivity index (χ1) is 8.88. The van der Waals surface area contributed by atoms with Crippen LogP contribution in [0.15, 0.2) is 54.6 Å². The highest BCUT2D eigenvalue weighted by molar-refractivity contribution is 5.33. The standard InChI is InChI=1S/C15H16O.CH4O/c1-2-7-13-8-6-11-15(12-13)16-14-9-4-3-5-10-14;1-2/h3-6,8-12H,2,7H2,1H3;2H,1H3. The first kappa shape index (κ1) is 14.3. The van der Waals surface area contributed by atoms with Gasteiger partial charge in [0, 0.05) is 7.11 Å². The Morgan fingerprint density at radius 3 is 2.22 bits per heavy atom. The fourth-order valence-corrected chi connectivity index (χ4v) is 1.68. The van der Waals surface area contributed by atoms with Crippen LogP contribution in [0.2, 0.25) is 0 Å². The highest BCUT2D eigenvalue weighted by atomic mass is 16.5. The van der Waals surface area contributed by atoms with Crippen LogP contribution in [0, 0.1) is 0 Å². The lowest BCUT2D eigenvalue weighted by atomic mass is 10.1. The van der Waals surface area contributed by atoms with Crippen LogP contribution in [0.3, 0.4) is 0 Å². The number of hydrogen-bond acceptors (Lipinski definition) is 2. The molecule has 0 aliphatic heterocycles. The van der Waals surface area contributed by atoms with Crippen LogP contribution >= 0.6 is 0 Å². The minimum absolute atomic E-state index is 0.885. The Morgan fingerprint density at radius 2 is 1.56 bits per heavy atom. The molecule has 2 aromatic rings. The van der Waals surface area contributed by atoms with Crippen molar-refractivity contribution in [2.45, 2.75) is 19.8 Å². The average molecular weight is 244 g/mol. The van der Waals surface area contributed by atoms with E-state index in [2.05, 4.69) is 19.1 Å². The minimum Gasteiger partial charge on any atom is -0.457 e. The molecule has 2 nitrogen and oxygen atoms in total. The molecule has 0 saturated heterocycles. The summed E-state index contributed by atoms with van der Waals surface area (Å²) in [6.07, 6.45) is 2.26. The largest absolute Gasteiger partial charge is 0.457 e. The van der Waals surface area contributed by atoms with Gasteiger partial charge in [0.25, 0.3) is 0 Å². The topological polar surface area (TPSA) is 29.5 Å². The molecule has 0 atom stereocenters. The van der Waals surface area contributed by atoms with E-state index in [0.29, 0.717) is 0 Å². The Hall–Kier alpha value is -1.80. The quantitative estimate of drug-likeness (QED) is 0.879. The monoisotopic (exact) mass is 244 g/mol. The Kier molecular flexibility index (Phi) is 6.59. The molecule has 0 radical (unpaired) electrons. The number of rotatable bonds is 4. The molecule has 2 heteroatoms. The fourth-order valence-electron chi connectivity index (χ4n) is 1.68. The number of aliphatic hydroxyl groups excluding tert-OH is 1. The predicted octanol–water partition coefficient (Wildman–Crippen LogP) is 4.04. The molecule has 2 aromatic carbocycles. The van der Waals surface area contributed by atoms with Crippen LogP contribution in [0.5, 0.6) is 11.5 Å². The number of hydrogen-bond donors (Lipinski definition) is 1. The summed E-state index contributed by atoms with van der Waals surface area (Å²) in [5.41, 5.74) is 1.33. The number of ether oxygens (including phenoxy) is 1. The SMILES string of the molecule is CCCc1cccc(Oc2ccccc2)c1.CO. The van der Waals surface area contributed by atoms with Crippen molar-refractivity contribution in [1.82, 2.24) is 0 Å². The molecule has 96 valence electrons. The van der Waals surface area contributed by atoms with Crippen molar-refractivity contribution in [3.05, 3.63) is 60.2 Å². The Bertz CT molecular complexity index is 438. The van der Waals surface area contributed by atoms with Crippen LogP contribution in [0.4, 0.5) is 0 Å². The molecule has 0 fully saturated rings. The van der Waals surface area contributed by atoms with Gasteiger partial charge >= 0.3 is 0 Å². The van der Waals surface area contributed by atoms with Crippen molar-refractivity contribution in [2.75, 3.05) is 7.11 Å². The van der Waals surface area contributed by atoms with Gasteiger partial charge < -0.3 is 9.84 Å². The second-order valence-electron chi connectivity index (χ2n) is 3.81. The second kappa shape index (κ2) is 8.31. The van der Waals surface area contributed by atoms with E-state index in [-0.39, 0.29) is 0 Å². The first-order valence-corrected chi connectivity index (χ1v) is 6.15. The van der Waals surface area contributed by atoms with Crippen molar-refractivity contribution in [3.8, 4) is 11.5 Å². The molecular formula is C16H20O2. The van der Waals surface area contributed by atoms with E-state index in [1.165, 1.54) is 5.56 Å². The Balaban J connectivity index is 0.000000771. The molecule has 0 unspecified atom stereocenters. The summed E-state index contributed by atoms with van der Waals surface area (Å²) in [5, 5.41) is 7.00. The van der Waals surface area contributed by atoms with Gasteiger partial charge in [-0.25, -0.2) is 0 Å². The van der Waals surface area contributed by atoms with Gasteiger partial charge in [0.2, 0.25) is 0 Å². The zero-order chi connectivity index (χ0) is 13.2. The smallest absolute Gasteiger partial charge is 0.127 e. The summed E-state index contributed by atoms with van der Waals surface area (Å²) in [6.45, 7) is 2.19. The van der Waals surface area contributed by atoms with E-state index in [4.69, 9.17) is 9.84 Å². The normalized spacial score (nSPS) is 9.28. The fraction of sp³-hybridized carbons (Fsp3) is 0.250. The highest BCUT2D eigenvalue weighted by Gasteiger charge is 1.97. The van der Waals surface area contributed by atoms with Crippen LogP contribution in [-0.4, -0.2) is 12.2 Å². The Morgan fingerprint density at radius 1 is 0.889 bits per heavy atom. The number of aliphatic hydroxyl groups is 1. The molecule has 1 N–H and O–H groups in total. The van der Waals surface area contributed by atoms with Gasteiger partial charge in [0.1, 0.15) is 11.5 Å². The van der Waals surface area contributed by atoms with Crippen molar-refractivity contribution in [2.24, 2.45) is 0 Å². The van der Waals surface area contributed by atoms with Crippen molar-refractivity contribution >= 4 is 0 Å². The van der Waals surface area contributed by atoms with E-state index in [1.54, 1.807) is 0 Å². The van der Waals surface area contributed by atoms with Gasteiger partial charge in [-0.1, -0.05) is 43.7 Å². The maximum absolute atomic E-state index is 7.00. The van der Waals surface area contributed by atoms with Crippen molar-refractivity contribution < 1.29 is 9.84 Å². The van der Waals surface area contributed by atoms with Crippen molar-refractivity contribution in [1.29, 1.82) is 0 Å². The lowest BCUT2D eigenvalue weighted by Crippen LogP contribution is -1.87. The molecule has 0 heterocycles. The summed E-state index contributed by atoms with van der Waals surface area (Å²) >= 11 is 0. The van der Waals surface area contributed by atoms with Gasteiger partial charge in [0.15, 0.2) is 0 Å². The molecule has 0 bridgehead atoms. The lowest BCUT2D eigenvalue weighted by molar-refractivity contribution is 0.399. The molecule has 0 aromatic heterocycles. The third-order valence-corrected chi connectivity index (χ3v) is 2.42. The zero-order valence-electron chi connectivity index (χ0n) is 11.0. The van der Waals surface area contributed by atoms with Gasteiger partial charge in [-0.3, -0.25) is 0 Å². The molecule has 0 amide bonds. The molecule has 0 spiro atoms. The first-order valence-electron chi connectivity index (χ1n) is 6.15. The molecule has 18 heavy (non-hydrogen) atoms. The summed E-state index contributed by atoms with van der Waals surface area (Å²) in [4.78, 5) is 0. The maximum atomic E-state index is 7.00. The van der Waals surface area contributed by atoms with Crippen LogP contribution < -0.4 is 4.74 Å². The van der Waals surface area contributed by atoms with Crippen LogP contribution in [0.1, 0.15) is 18.9 Å². The summed E-state index contributed by atoms with van der Waals surface area (Å²) in [6, 6.07) is 18.2. The second-order valence-corrected chi connectivity index (χ2v) is 3.81. The van der Waals surface area contributed by atoms with E-state index in [9.17, 15) is 0 Å². The number of aryl methyl sites for hydroxylation is 1. The lowest BCUT2D eigenvalue weighted by Gasteiger charge is -2.06. The third-order valence-electron chi connectivity index (χ3n) is 2.42. The van der Waals surface area contributed by atoms with Crippen LogP contribution in [-0.2, 0) is 6.42 Å². The Labute approximate surface area is 109 Å². The predicted molar refractivity (Wildman–Crippen MR) is 75.1 cm³/mol. The molecule has 2 rings (SSSR count). The summed E-state index contributed by atoms with van der Waals surface area (Å²) < 4.78 is 5.77. The molecule has 0 aliphatic carbocycles. The maximum Gasteiger partial charge on any atom is 0.127 e. The van der Waals surface area contributed by atoms with Crippen molar-refractivity contribution in [3.63, 3.8) is 0 Å². The summed E-state index contributed by atoms with van der Waals surface area (Å²) in [7, 11) is 1.00. The number of benzene rings is 2. The van der Waals surface area contributed by atoms with E-state index in [0.717, 1.165) is 31.5 Å². The minimum atomic E-state index is 0.885. The average Bonchev–Trinajstić information content (AvgIpc) is 2.43. The van der Waals surface area contributed by atoms with Gasteiger partial charge in [-0.2, -0.15) is 0 Å². The molecule has 0 aliphatic rings. The zero-order valence-corrected chi connectivity index (χ0v) is 11.0. The van der Waals surface area contributed by atoms with Gasteiger partial charge in [-0.05, 0) is 36.2 Å². The van der Waals surface area contributed by atoms with Gasteiger partial charge in [0.05, 0.1) is 0 Å². The van der Waals surface area contributed by atoms with E-state index < -0.39 is 0 Å². The third kappa shape index (κ3) is 4.60. The molecule has 0 saturated carbocycles. The summed E-state index contributed by atoms with van der Waals surface area (Å²) in [5.74, 6) is 1.80.